The van der Waals surface area contributed by atoms with Crippen LogP contribution in [0.25, 0.3) is 0 Å². The molecule has 0 aliphatic carbocycles. The monoisotopic (exact) mass is 344 g/mol. The van der Waals surface area contributed by atoms with E-state index in [1.807, 2.05) is 25.2 Å². The van der Waals surface area contributed by atoms with Gasteiger partial charge in [-0.1, -0.05) is 0 Å². The molecule has 1 N–H and O–H groups in total. The largest absolute Gasteiger partial charge is 0.380 e. The van der Waals surface area contributed by atoms with E-state index in [1.165, 1.54) is 0 Å². The minimum atomic E-state index is 0.616. The first-order chi connectivity index (χ1) is 12.3. The van der Waals surface area contributed by atoms with Crippen molar-refractivity contribution in [3.05, 3.63) is 30.1 Å². The number of amidine groups is 1. The summed E-state index contributed by atoms with van der Waals surface area (Å²) in [7, 11) is 0. The summed E-state index contributed by atoms with van der Waals surface area (Å²) in [6, 6.07) is 3.70. The van der Waals surface area contributed by atoms with Crippen LogP contribution >= 0.6 is 0 Å². The fraction of sp³-hybridized carbons (Fsp3) is 0.611. The van der Waals surface area contributed by atoms with Gasteiger partial charge in [0.15, 0.2) is 6.19 Å². The van der Waals surface area contributed by atoms with E-state index in [0.29, 0.717) is 12.4 Å². The quantitative estimate of drug-likeness (QED) is 0.236. The summed E-state index contributed by atoms with van der Waals surface area (Å²) >= 11 is 0. The highest BCUT2D eigenvalue weighted by Gasteiger charge is 2.15. The maximum absolute atomic E-state index is 8.88. The van der Waals surface area contributed by atoms with Crippen LogP contribution in [-0.4, -0.2) is 79.6 Å². The van der Waals surface area contributed by atoms with Crippen LogP contribution in [0.2, 0.25) is 0 Å². The summed E-state index contributed by atoms with van der Waals surface area (Å²) in [5, 5.41) is 11.5. The lowest BCUT2D eigenvalue weighted by molar-refractivity contribution is 0.0808. The molecule has 0 amide bonds. The SMILES string of the molecule is CCOCCN1CCN(CCCN=C(NC#N)c2ccncc2)CC1. The fourth-order valence-corrected chi connectivity index (χ4v) is 2.83. The van der Waals surface area contributed by atoms with Crippen molar-refractivity contribution >= 4 is 5.84 Å². The van der Waals surface area contributed by atoms with Crippen LogP contribution in [0.3, 0.4) is 0 Å². The number of hydrogen-bond acceptors (Lipinski definition) is 6. The van der Waals surface area contributed by atoms with Crippen molar-refractivity contribution in [2.75, 3.05) is 59.0 Å². The van der Waals surface area contributed by atoms with E-state index in [1.54, 1.807) is 12.4 Å². The lowest BCUT2D eigenvalue weighted by Crippen LogP contribution is -2.47. The Morgan fingerprint density at radius 3 is 2.56 bits per heavy atom. The van der Waals surface area contributed by atoms with Gasteiger partial charge in [0.25, 0.3) is 0 Å². The maximum atomic E-state index is 8.88. The smallest absolute Gasteiger partial charge is 0.182 e. The molecule has 0 unspecified atom stereocenters. The molecule has 0 bridgehead atoms. The molecule has 0 atom stereocenters. The Balaban J connectivity index is 1.67. The van der Waals surface area contributed by atoms with Crippen LogP contribution in [0.1, 0.15) is 18.9 Å². The van der Waals surface area contributed by atoms with E-state index in [4.69, 9.17) is 10.00 Å². The van der Waals surface area contributed by atoms with E-state index in [9.17, 15) is 0 Å². The van der Waals surface area contributed by atoms with Gasteiger partial charge in [0.05, 0.1) is 6.61 Å². The Labute approximate surface area is 150 Å². The van der Waals surface area contributed by atoms with Gasteiger partial charge in [-0.25, -0.2) is 0 Å². The highest BCUT2D eigenvalue weighted by atomic mass is 16.5. The number of nitrogens with zero attached hydrogens (tertiary/aromatic N) is 5. The van der Waals surface area contributed by atoms with Gasteiger partial charge < -0.3 is 9.64 Å². The topological polar surface area (TPSA) is 76.8 Å². The van der Waals surface area contributed by atoms with Crippen molar-refractivity contribution in [3.8, 4) is 6.19 Å². The number of nitriles is 1. The predicted molar refractivity (Wildman–Crippen MR) is 98.4 cm³/mol. The number of aliphatic imine (C=N–C) groups is 1. The van der Waals surface area contributed by atoms with Crippen molar-refractivity contribution in [1.29, 1.82) is 5.26 Å². The third-order valence-electron chi connectivity index (χ3n) is 4.25. The van der Waals surface area contributed by atoms with Gasteiger partial charge in [-0.05, 0) is 32.0 Å². The van der Waals surface area contributed by atoms with E-state index in [-0.39, 0.29) is 0 Å². The molecule has 136 valence electrons. The average Bonchev–Trinajstić information content (AvgIpc) is 2.66. The van der Waals surface area contributed by atoms with Crippen molar-refractivity contribution in [2.24, 2.45) is 4.99 Å². The summed E-state index contributed by atoms with van der Waals surface area (Å²) in [6.45, 7) is 10.8. The van der Waals surface area contributed by atoms with Gasteiger partial charge in [0, 0.05) is 63.8 Å². The highest BCUT2D eigenvalue weighted by Crippen LogP contribution is 2.03. The molecule has 1 aromatic heterocycles. The molecule has 1 aliphatic heterocycles. The first-order valence-electron chi connectivity index (χ1n) is 8.96. The maximum Gasteiger partial charge on any atom is 0.182 e. The molecule has 0 spiro atoms. The van der Waals surface area contributed by atoms with Crippen molar-refractivity contribution in [3.63, 3.8) is 0 Å². The molecule has 0 radical (unpaired) electrons. The summed E-state index contributed by atoms with van der Waals surface area (Å²) in [5.74, 6) is 0.616. The van der Waals surface area contributed by atoms with Crippen LogP contribution in [0.4, 0.5) is 0 Å². The molecule has 2 rings (SSSR count). The van der Waals surface area contributed by atoms with Crippen LogP contribution < -0.4 is 5.32 Å². The fourth-order valence-electron chi connectivity index (χ4n) is 2.83. The van der Waals surface area contributed by atoms with Gasteiger partial charge >= 0.3 is 0 Å². The van der Waals surface area contributed by atoms with Crippen LogP contribution in [0, 0.1) is 11.5 Å². The highest BCUT2D eigenvalue weighted by molar-refractivity contribution is 5.99. The first kappa shape index (κ1) is 19.3. The number of pyridine rings is 1. The molecule has 1 saturated heterocycles. The number of ether oxygens (including phenoxy) is 1. The normalized spacial score (nSPS) is 16.6. The lowest BCUT2D eigenvalue weighted by Gasteiger charge is -2.34. The standard InChI is InChI=1S/C18H28N6O/c1-2-25-15-14-24-12-10-23(11-13-24)9-3-6-21-18(22-16-19)17-4-7-20-8-5-17/h4-5,7-8H,2-3,6,9-15H2,1H3,(H,21,22). The Hall–Kier alpha value is -2.01. The molecule has 25 heavy (non-hydrogen) atoms. The van der Waals surface area contributed by atoms with Gasteiger partial charge in [0.1, 0.15) is 5.84 Å². The second-order valence-electron chi connectivity index (χ2n) is 5.94. The molecule has 7 heteroatoms. The van der Waals surface area contributed by atoms with Crippen molar-refractivity contribution in [2.45, 2.75) is 13.3 Å². The zero-order chi connectivity index (χ0) is 17.7. The first-order valence-corrected chi connectivity index (χ1v) is 8.96. The van der Waals surface area contributed by atoms with Crippen molar-refractivity contribution in [1.82, 2.24) is 20.1 Å². The lowest BCUT2D eigenvalue weighted by atomic mass is 10.2. The summed E-state index contributed by atoms with van der Waals surface area (Å²) in [4.78, 5) is 13.5. The second kappa shape index (κ2) is 11.5. The molecule has 0 aromatic carbocycles. The number of aromatic nitrogens is 1. The molecule has 7 nitrogen and oxygen atoms in total. The predicted octanol–water partition coefficient (Wildman–Crippen LogP) is 0.943. The van der Waals surface area contributed by atoms with E-state index >= 15 is 0 Å². The Kier molecular flexibility index (Phi) is 8.91. The van der Waals surface area contributed by atoms with Crippen molar-refractivity contribution < 1.29 is 4.74 Å². The third-order valence-corrected chi connectivity index (χ3v) is 4.25. The zero-order valence-corrected chi connectivity index (χ0v) is 15.0. The number of nitrogens with one attached hydrogen (secondary N) is 1. The molecular formula is C18H28N6O. The van der Waals surface area contributed by atoms with E-state index < -0.39 is 0 Å². The molecule has 1 fully saturated rings. The summed E-state index contributed by atoms with van der Waals surface area (Å²) in [5.41, 5.74) is 0.888. The Morgan fingerprint density at radius 2 is 1.92 bits per heavy atom. The summed E-state index contributed by atoms with van der Waals surface area (Å²) in [6.07, 6.45) is 6.35. The Morgan fingerprint density at radius 1 is 1.24 bits per heavy atom. The van der Waals surface area contributed by atoms with Gasteiger partial charge in [-0.15, -0.1) is 0 Å². The number of rotatable bonds is 9. The van der Waals surface area contributed by atoms with Crippen LogP contribution in [0.5, 0.6) is 0 Å². The minimum Gasteiger partial charge on any atom is -0.380 e. The number of hydrogen-bond donors (Lipinski definition) is 1. The minimum absolute atomic E-state index is 0.616. The molecule has 1 aromatic rings. The molecule has 1 aliphatic rings. The van der Waals surface area contributed by atoms with E-state index in [0.717, 1.165) is 64.5 Å². The Bertz CT molecular complexity index is 548. The van der Waals surface area contributed by atoms with Gasteiger partial charge in [-0.2, -0.15) is 5.26 Å². The third kappa shape index (κ3) is 7.18. The second-order valence-corrected chi connectivity index (χ2v) is 5.94. The number of piperazine rings is 1. The molecular weight excluding hydrogens is 316 g/mol. The van der Waals surface area contributed by atoms with E-state index in [2.05, 4.69) is 25.1 Å². The van der Waals surface area contributed by atoms with Crippen LogP contribution in [0.15, 0.2) is 29.5 Å². The van der Waals surface area contributed by atoms with Crippen LogP contribution in [-0.2, 0) is 4.74 Å². The molecule has 2 heterocycles. The molecule has 0 saturated carbocycles. The summed E-state index contributed by atoms with van der Waals surface area (Å²) < 4.78 is 5.42. The zero-order valence-electron chi connectivity index (χ0n) is 15.0. The van der Waals surface area contributed by atoms with Gasteiger partial charge in [-0.3, -0.25) is 20.2 Å². The average molecular weight is 344 g/mol. The van der Waals surface area contributed by atoms with Gasteiger partial charge in [0.2, 0.25) is 0 Å².